The van der Waals surface area contributed by atoms with Crippen molar-refractivity contribution >= 4 is 11.2 Å². The predicted octanol–water partition coefficient (Wildman–Crippen LogP) is 1.70. The minimum Gasteiger partial charge on any atom is -0.299 e. The molecule has 0 aliphatic carbocycles. The van der Waals surface area contributed by atoms with Crippen molar-refractivity contribution in [3.8, 4) is 0 Å². The molecule has 0 saturated carbocycles. The van der Waals surface area contributed by atoms with Crippen LogP contribution in [0.2, 0.25) is 0 Å². The van der Waals surface area contributed by atoms with Crippen molar-refractivity contribution in [2.45, 2.75) is 25.4 Å². The lowest BCUT2D eigenvalue weighted by Gasteiger charge is -2.24. The zero-order valence-electron chi connectivity index (χ0n) is 8.56. The lowest BCUT2D eigenvalue weighted by Crippen LogP contribution is -2.31. The maximum absolute atomic E-state index is 4.38. The zero-order valence-corrected chi connectivity index (χ0v) is 8.56. The van der Waals surface area contributed by atoms with E-state index in [4.69, 9.17) is 0 Å². The first-order chi connectivity index (χ1) is 7.45. The van der Waals surface area contributed by atoms with E-state index in [9.17, 15) is 0 Å². The van der Waals surface area contributed by atoms with Crippen molar-refractivity contribution in [3.05, 3.63) is 24.7 Å². The van der Waals surface area contributed by atoms with Crippen LogP contribution in [0.4, 0.5) is 0 Å². The van der Waals surface area contributed by atoms with Crippen molar-refractivity contribution in [2.24, 2.45) is 0 Å². The Bertz CT molecular complexity index is 456. The average molecular weight is 202 g/mol. The second-order valence-corrected chi connectivity index (χ2v) is 3.96. The minimum absolute atomic E-state index is 0.374. The summed E-state index contributed by atoms with van der Waals surface area (Å²) in [5.74, 6) is 0. The number of piperidine rings is 1. The molecule has 2 aromatic rings. The van der Waals surface area contributed by atoms with Gasteiger partial charge in [-0.15, -0.1) is 0 Å². The van der Waals surface area contributed by atoms with Gasteiger partial charge in [-0.2, -0.15) is 0 Å². The number of fused-ring (bicyclic) bond motifs is 1. The number of rotatable bonds is 1. The molecule has 78 valence electrons. The summed E-state index contributed by atoms with van der Waals surface area (Å²) in [6.07, 6.45) is 7.81. The molecule has 0 amide bonds. The normalized spacial score (nSPS) is 22.0. The highest BCUT2D eigenvalue weighted by molar-refractivity contribution is 5.70. The van der Waals surface area contributed by atoms with E-state index in [1.165, 1.54) is 19.3 Å². The van der Waals surface area contributed by atoms with Gasteiger partial charge >= 0.3 is 0 Å². The molecular formula is C11H14N4. The molecule has 1 unspecified atom stereocenters. The Morgan fingerprint density at radius 2 is 2.33 bits per heavy atom. The summed E-state index contributed by atoms with van der Waals surface area (Å²) in [6.45, 7) is 1.09. The second-order valence-electron chi connectivity index (χ2n) is 3.96. The van der Waals surface area contributed by atoms with Crippen molar-refractivity contribution in [1.29, 1.82) is 0 Å². The maximum atomic E-state index is 4.38. The summed E-state index contributed by atoms with van der Waals surface area (Å²) in [6, 6.07) is 3.93. The largest absolute Gasteiger partial charge is 0.299 e. The van der Waals surface area contributed by atoms with Crippen LogP contribution in [0.25, 0.3) is 11.2 Å². The first kappa shape index (κ1) is 8.85. The summed E-state index contributed by atoms with van der Waals surface area (Å²) in [5, 5.41) is 3.50. The molecule has 1 atom stereocenters. The summed E-state index contributed by atoms with van der Waals surface area (Å²) in [7, 11) is 0. The second kappa shape index (κ2) is 3.62. The van der Waals surface area contributed by atoms with Crippen molar-refractivity contribution in [2.75, 3.05) is 6.54 Å². The van der Waals surface area contributed by atoms with E-state index in [0.29, 0.717) is 6.17 Å². The highest BCUT2D eigenvalue weighted by Gasteiger charge is 2.16. The molecule has 1 saturated heterocycles. The van der Waals surface area contributed by atoms with E-state index in [-0.39, 0.29) is 0 Å². The quantitative estimate of drug-likeness (QED) is 0.765. The molecule has 4 heteroatoms. The van der Waals surface area contributed by atoms with E-state index in [0.717, 1.165) is 17.7 Å². The first-order valence-corrected chi connectivity index (χ1v) is 5.46. The molecule has 1 fully saturated rings. The lowest BCUT2D eigenvalue weighted by atomic mass is 10.1. The Morgan fingerprint density at radius 1 is 1.33 bits per heavy atom. The maximum Gasteiger partial charge on any atom is 0.161 e. The number of pyridine rings is 1. The molecule has 0 bridgehead atoms. The third-order valence-corrected chi connectivity index (χ3v) is 2.95. The highest BCUT2D eigenvalue weighted by Crippen LogP contribution is 2.20. The fraction of sp³-hybridized carbons (Fsp3) is 0.455. The Labute approximate surface area is 88.3 Å². The van der Waals surface area contributed by atoms with Gasteiger partial charge < -0.3 is 0 Å². The predicted molar refractivity (Wildman–Crippen MR) is 58.4 cm³/mol. The van der Waals surface area contributed by atoms with Gasteiger partial charge in [-0.25, -0.2) is 9.97 Å². The van der Waals surface area contributed by atoms with Crippen LogP contribution in [0.3, 0.4) is 0 Å². The number of hydrogen-bond acceptors (Lipinski definition) is 3. The molecule has 3 rings (SSSR count). The Balaban J connectivity index is 2.02. The standard InChI is InChI=1S/C11H14N4/c1-2-6-12-10(5-1)15-8-14-9-4-3-7-13-11(9)15/h3-4,7-8,10,12H,1-2,5-6H2. The van der Waals surface area contributed by atoms with Crippen LogP contribution >= 0.6 is 0 Å². The number of hydrogen-bond donors (Lipinski definition) is 1. The molecule has 1 aliphatic heterocycles. The number of imidazole rings is 1. The molecular weight excluding hydrogens is 188 g/mol. The van der Waals surface area contributed by atoms with E-state index >= 15 is 0 Å². The Hall–Kier alpha value is -1.42. The van der Waals surface area contributed by atoms with Gasteiger partial charge in [-0.3, -0.25) is 9.88 Å². The molecule has 0 aromatic carbocycles. The van der Waals surface area contributed by atoms with E-state index in [2.05, 4.69) is 19.9 Å². The fourth-order valence-electron chi connectivity index (χ4n) is 2.17. The SMILES string of the molecule is c1cnc2c(c1)ncn2C1CCCCN1. The molecule has 1 N–H and O–H groups in total. The Kier molecular flexibility index (Phi) is 2.14. The smallest absolute Gasteiger partial charge is 0.161 e. The Morgan fingerprint density at radius 3 is 3.20 bits per heavy atom. The summed E-state index contributed by atoms with van der Waals surface area (Å²) in [4.78, 5) is 8.73. The van der Waals surface area contributed by atoms with Gasteiger partial charge in [0.15, 0.2) is 5.65 Å². The van der Waals surface area contributed by atoms with Gasteiger partial charge in [-0.05, 0) is 37.9 Å². The number of nitrogens with one attached hydrogen (secondary N) is 1. The van der Waals surface area contributed by atoms with Gasteiger partial charge in [0.05, 0.1) is 12.5 Å². The van der Waals surface area contributed by atoms with Gasteiger partial charge in [0.25, 0.3) is 0 Å². The molecule has 1 aliphatic rings. The first-order valence-electron chi connectivity index (χ1n) is 5.46. The monoisotopic (exact) mass is 202 g/mol. The summed E-state index contributed by atoms with van der Waals surface area (Å²) >= 11 is 0. The molecule has 4 nitrogen and oxygen atoms in total. The molecule has 3 heterocycles. The van der Waals surface area contributed by atoms with Crippen molar-refractivity contribution in [3.63, 3.8) is 0 Å². The number of nitrogens with zero attached hydrogens (tertiary/aromatic N) is 3. The van der Waals surface area contributed by atoms with Crippen LogP contribution in [0.15, 0.2) is 24.7 Å². The molecule has 2 aromatic heterocycles. The molecule has 0 radical (unpaired) electrons. The summed E-state index contributed by atoms with van der Waals surface area (Å²) in [5.41, 5.74) is 1.96. The topological polar surface area (TPSA) is 42.7 Å². The van der Waals surface area contributed by atoms with Crippen molar-refractivity contribution < 1.29 is 0 Å². The van der Waals surface area contributed by atoms with Crippen LogP contribution in [0, 0.1) is 0 Å². The van der Waals surface area contributed by atoms with E-state index in [1.54, 1.807) is 0 Å². The van der Waals surface area contributed by atoms with Gasteiger partial charge in [0.2, 0.25) is 0 Å². The van der Waals surface area contributed by atoms with Crippen molar-refractivity contribution in [1.82, 2.24) is 19.9 Å². The third-order valence-electron chi connectivity index (χ3n) is 2.95. The fourth-order valence-corrected chi connectivity index (χ4v) is 2.17. The third kappa shape index (κ3) is 1.51. The minimum atomic E-state index is 0.374. The molecule has 15 heavy (non-hydrogen) atoms. The zero-order chi connectivity index (χ0) is 10.1. The van der Waals surface area contributed by atoms with E-state index < -0.39 is 0 Å². The van der Waals surface area contributed by atoms with E-state index in [1.807, 2.05) is 24.7 Å². The number of aromatic nitrogens is 3. The van der Waals surface area contributed by atoms with Crippen LogP contribution < -0.4 is 5.32 Å². The lowest BCUT2D eigenvalue weighted by molar-refractivity contribution is 0.325. The van der Waals surface area contributed by atoms with Gasteiger partial charge in [0.1, 0.15) is 5.52 Å². The summed E-state index contributed by atoms with van der Waals surface area (Å²) < 4.78 is 2.15. The van der Waals surface area contributed by atoms with Gasteiger partial charge in [0, 0.05) is 6.20 Å². The average Bonchev–Trinajstić information content (AvgIpc) is 2.74. The highest BCUT2D eigenvalue weighted by atomic mass is 15.2. The van der Waals surface area contributed by atoms with Gasteiger partial charge in [-0.1, -0.05) is 0 Å². The molecule has 0 spiro atoms. The van der Waals surface area contributed by atoms with Crippen LogP contribution in [-0.4, -0.2) is 21.1 Å². The van der Waals surface area contributed by atoms with Crippen LogP contribution in [0.5, 0.6) is 0 Å². The van der Waals surface area contributed by atoms with Crippen LogP contribution in [-0.2, 0) is 0 Å². The van der Waals surface area contributed by atoms with Crippen LogP contribution in [0.1, 0.15) is 25.4 Å².